The molecule has 0 radical (unpaired) electrons. The summed E-state index contributed by atoms with van der Waals surface area (Å²) in [6, 6.07) is 2.05. The van der Waals surface area contributed by atoms with E-state index >= 15 is 0 Å². The standard InChI is InChI=1S/C17H23N5OS/c1-19-13-18-7-15(19)8-21-5-4-17(11-21)12-22(14-3-6-24-10-14)16(23)9-20(17)2/h3,6-7,10,13H,4-5,8-9,11-12H2,1-2H3. The summed E-state index contributed by atoms with van der Waals surface area (Å²) in [6.07, 6.45) is 4.89. The quantitative estimate of drug-likeness (QED) is 0.844. The van der Waals surface area contributed by atoms with Gasteiger partial charge < -0.3 is 9.47 Å². The zero-order chi connectivity index (χ0) is 16.7. The highest BCUT2D eigenvalue weighted by molar-refractivity contribution is 7.08. The van der Waals surface area contributed by atoms with Gasteiger partial charge in [-0.1, -0.05) is 0 Å². The van der Waals surface area contributed by atoms with Gasteiger partial charge in [0.1, 0.15) is 0 Å². The molecule has 1 amide bonds. The van der Waals surface area contributed by atoms with Crippen LogP contribution in [0.2, 0.25) is 0 Å². The van der Waals surface area contributed by atoms with Crippen LogP contribution in [0, 0.1) is 0 Å². The number of piperazine rings is 1. The lowest BCUT2D eigenvalue weighted by molar-refractivity contribution is -0.123. The molecule has 1 unspecified atom stereocenters. The molecule has 24 heavy (non-hydrogen) atoms. The van der Waals surface area contributed by atoms with E-state index in [1.165, 1.54) is 5.69 Å². The third kappa shape index (κ3) is 2.66. The van der Waals surface area contributed by atoms with Crippen LogP contribution in [0.4, 0.5) is 5.69 Å². The number of likely N-dealkylation sites (N-methyl/N-ethyl adjacent to an activating group) is 1. The van der Waals surface area contributed by atoms with Crippen LogP contribution in [0.5, 0.6) is 0 Å². The van der Waals surface area contributed by atoms with Gasteiger partial charge in [-0.05, 0) is 24.9 Å². The zero-order valence-corrected chi connectivity index (χ0v) is 15.0. The van der Waals surface area contributed by atoms with Gasteiger partial charge in [0.15, 0.2) is 0 Å². The van der Waals surface area contributed by atoms with Gasteiger partial charge in [-0.15, -0.1) is 0 Å². The molecule has 0 aliphatic carbocycles. The first-order chi connectivity index (χ1) is 11.6. The number of aromatic nitrogens is 2. The molecule has 2 aromatic heterocycles. The van der Waals surface area contributed by atoms with E-state index in [0.717, 1.165) is 38.3 Å². The highest BCUT2D eigenvalue weighted by Gasteiger charge is 2.47. The molecule has 2 aromatic rings. The lowest BCUT2D eigenvalue weighted by Crippen LogP contribution is -2.64. The van der Waals surface area contributed by atoms with E-state index in [9.17, 15) is 4.79 Å². The predicted molar refractivity (Wildman–Crippen MR) is 95.1 cm³/mol. The number of hydrogen-bond acceptors (Lipinski definition) is 5. The van der Waals surface area contributed by atoms with Gasteiger partial charge in [0.05, 0.1) is 29.8 Å². The summed E-state index contributed by atoms with van der Waals surface area (Å²) in [6.45, 7) is 4.23. The highest BCUT2D eigenvalue weighted by atomic mass is 32.1. The van der Waals surface area contributed by atoms with E-state index in [-0.39, 0.29) is 11.4 Å². The molecule has 128 valence electrons. The largest absolute Gasteiger partial charge is 0.337 e. The van der Waals surface area contributed by atoms with Crippen LogP contribution < -0.4 is 4.90 Å². The third-order valence-electron chi connectivity index (χ3n) is 5.47. The first-order valence-electron chi connectivity index (χ1n) is 8.29. The Balaban J connectivity index is 1.51. The van der Waals surface area contributed by atoms with Crippen molar-refractivity contribution in [3.63, 3.8) is 0 Å². The van der Waals surface area contributed by atoms with Crippen molar-refractivity contribution >= 4 is 22.9 Å². The van der Waals surface area contributed by atoms with Crippen LogP contribution in [0.15, 0.2) is 29.4 Å². The molecule has 0 saturated carbocycles. The number of likely N-dealkylation sites (tertiary alicyclic amines) is 1. The van der Waals surface area contributed by atoms with Gasteiger partial charge >= 0.3 is 0 Å². The van der Waals surface area contributed by atoms with Crippen LogP contribution >= 0.6 is 11.3 Å². The molecule has 1 spiro atoms. The summed E-state index contributed by atoms with van der Waals surface area (Å²) in [7, 11) is 4.13. The molecule has 2 saturated heterocycles. The molecule has 2 aliphatic rings. The number of rotatable bonds is 3. The molecule has 0 bridgehead atoms. The molecule has 7 heteroatoms. The van der Waals surface area contributed by atoms with Crippen molar-refractivity contribution in [2.75, 3.05) is 38.1 Å². The average molecular weight is 345 g/mol. The smallest absolute Gasteiger partial charge is 0.241 e. The summed E-state index contributed by atoms with van der Waals surface area (Å²) in [5.41, 5.74) is 2.33. The van der Waals surface area contributed by atoms with E-state index in [4.69, 9.17) is 0 Å². The number of amides is 1. The molecular formula is C17H23N5OS. The second kappa shape index (κ2) is 5.98. The van der Waals surface area contributed by atoms with Gasteiger partial charge in [-0.3, -0.25) is 14.6 Å². The number of carbonyl (C=O) groups is 1. The molecule has 0 N–H and O–H groups in total. The Hall–Kier alpha value is -1.70. The monoisotopic (exact) mass is 345 g/mol. The maximum absolute atomic E-state index is 12.5. The summed E-state index contributed by atoms with van der Waals surface area (Å²) < 4.78 is 2.08. The normalized spacial score (nSPS) is 25.9. The fourth-order valence-electron chi connectivity index (χ4n) is 3.89. The number of hydrogen-bond donors (Lipinski definition) is 0. The van der Waals surface area contributed by atoms with Crippen molar-refractivity contribution in [3.8, 4) is 0 Å². The van der Waals surface area contributed by atoms with Crippen molar-refractivity contribution in [2.45, 2.75) is 18.5 Å². The van der Waals surface area contributed by atoms with Crippen LogP contribution in [0.1, 0.15) is 12.1 Å². The Morgan fingerprint density at radius 1 is 1.33 bits per heavy atom. The second-order valence-electron chi connectivity index (χ2n) is 7.00. The minimum atomic E-state index is 0.0500. The molecule has 4 heterocycles. The predicted octanol–water partition coefficient (Wildman–Crippen LogP) is 1.40. The summed E-state index contributed by atoms with van der Waals surface area (Å²) >= 11 is 1.64. The number of anilines is 1. The molecule has 2 fully saturated rings. The molecule has 6 nitrogen and oxygen atoms in total. The average Bonchev–Trinajstić information content (AvgIpc) is 3.27. The molecule has 0 aromatic carbocycles. The van der Waals surface area contributed by atoms with E-state index in [2.05, 4.69) is 31.8 Å². The minimum absolute atomic E-state index is 0.0500. The number of imidazole rings is 1. The summed E-state index contributed by atoms with van der Waals surface area (Å²) in [4.78, 5) is 23.4. The minimum Gasteiger partial charge on any atom is -0.337 e. The summed E-state index contributed by atoms with van der Waals surface area (Å²) in [5.74, 6) is 0.201. The Kier molecular flexibility index (Phi) is 3.94. The SMILES string of the molecule is CN1CC(=O)N(c2ccsc2)CC12CCN(Cc1cncn1C)C2. The third-order valence-corrected chi connectivity index (χ3v) is 6.14. The first-order valence-corrected chi connectivity index (χ1v) is 9.23. The number of aryl methyl sites for hydroxylation is 1. The highest BCUT2D eigenvalue weighted by Crippen LogP contribution is 2.34. The maximum atomic E-state index is 12.5. The maximum Gasteiger partial charge on any atom is 0.241 e. The van der Waals surface area contributed by atoms with Crippen LogP contribution in [0.25, 0.3) is 0 Å². The lowest BCUT2D eigenvalue weighted by Gasteiger charge is -2.46. The summed E-state index contributed by atoms with van der Waals surface area (Å²) in [5, 5.41) is 4.11. The van der Waals surface area contributed by atoms with E-state index in [0.29, 0.717) is 6.54 Å². The van der Waals surface area contributed by atoms with Gasteiger partial charge in [0.2, 0.25) is 5.91 Å². The van der Waals surface area contributed by atoms with Crippen LogP contribution in [-0.4, -0.2) is 64.0 Å². The topological polar surface area (TPSA) is 44.6 Å². The second-order valence-corrected chi connectivity index (χ2v) is 7.78. The van der Waals surface area contributed by atoms with Crippen LogP contribution in [0.3, 0.4) is 0 Å². The molecular weight excluding hydrogens is 322 g/mol. The van der Waals surface area contributed by atoms with Crippen molar-refractivity contribution in [2.24, 2.45) is 7.05 Å². The lowest BCUT2D eigenvalue weighted by atomic mass is 9.93. The Morgan fingerprint density at radius 3 is 2.92 bits per heavy atom. The van der Waals surface area contributed by atoms with Crippen molar-refractivity contribution in [3.05, 3.63) is 35.0 Å². The Labute approximate surface area is 146 Å². The van der Waals surface area contributed by atoms with Crippen molar-refractivity contribution < 1.29 is 4.79 Å². The fourth-order valence-corrected chi connectivity index (χ4v) is 4.53. The van der Waals surface area contributed by atoms with Gasteiger partial charge in [-0.2, -0.15) is 11.3 Å². The number of nitrogens with zero attached hydrogens (tertiary/aromatic N) is 5. The Morgan fingerprint density at radius 2 is 2.21 bits per heavy atom. The van der Waals surface area contributed by atoms with E-state index in [1.807, 2.05) is 35.9 Å². The number of thiophene rings is 1. The van der Waals surface area contributed by atoms with Crippen LogP contribution in [-0.2, 0) is 18.4 Å². The first kappa shape index (κ1) is 15.8. The van der Waals surface area contributed by atoms with Crippen molar-refractivity contribution in [1.82, 2.24) is 19.4 Å². The van der Waals surface area contributed by atoms with E-state index < -0.39 is 0 Å². The van der Waals surface area contributed by atoms with Gasteiger partial charge in [0.25, 0.3) is 0 Å². The van der Waals surface area contributed by atoms with Gasteiger partial charge in [-0.25, -0.2) is 4.98 Å². The molecule has 2 aliphatic heterocycles. The van der Waals surface area contributed by atoms with E-state index in [1.54, 1.807) is 11.3 Å². The molecule has 4 rings (SSSR count). The zero-order valence-electron chi connectivity index (χ0n) is 14.2. The fraction of sp³-hybridized carbons (Fsp3) is 0.529. The number of carbonyl (C=O) groups excluding carboxylic acids is 1. The Bertz CT molecular complexity index is 727. The van der Waals surface area contributed by atoms with Crippen molar-refractivity contribution in [1.29, 1.82) is 0 Å². The molecule has 1 atom stereocenters. The van der Waals surface area contributed by atoms with Gasteiger partial charge in [0, 0.05) is 44.8 Å².